The second kappa shape index (κ2) is 9.42. The summed E-state index contributed by atoms with van der Waals surface area (Å²) < 4.78 is 8.50. The molecule has 0 saturated heterocycles. The number of aromatic nitrogens is 5. The standard InChI is InChI=1S/C23H24N6O3/c1-16(17-8-9-21(32-2)18(14-17)15-28-12-5-11-24-28)25-22(30)10-13-29-23(31)19-6-3-4-7-20(19)26-27-29/h3-9,11-12,14,16H,10,13,15H2,1-2H3,(H,25,30)/t16-/m1/s1. The minimum Gasteiger partial charge on any atom is -0.496 e. The lowest BCUT2D eigenvalue weighted by molar-refractivity contribution is -0.122. The Balaban J connectivity index is 1.41. The molecule has 2 aromatic heterocycles. The summed E-state index contributed by atoms with van der Waals surface area (Å²) in [6.07, 6.45) is 3.73. The van der Waals surface area contributed by atoms with Crippen LogP contribution in [0.15, 0.2) is 65.7 Å². The summed E-state index contributed by atoms with van der Waals surface area (Å²) in [7, 11) is 1.63. The first-order valence-electron chi connectivity index (χ1n) is 10.3. The third-order valence-electron chi connectivity index (χ3n) is 5.25. The molecule has 164 valence electrons. The van der Waals surface area contributed by atoms with E-state index in [9.17, 15) is 9.59 Å². The van der Waals surface area contributed by atoms with Crippen molar-refractivity contribution in [2.24, 2.45) is 0 Å². The Morgan fingerprint density at radius 3 is 2.81 bits per heavy atom. The molecule has 0 spiro atoms. The van der Waals surface area contributed by atoms with Crippen LogP contribution in [-0.4, -0.2) is 37.8 Å². The molecule has 9 nitrogen and oxygen atoms in total. The number of nitrogens with zero attached hydrogens (tertiary/aromatic N) is 5. The third-order valence-corrected chi connectivity index (χ3v) is 5.25. The van der Waals surface area contributed by atoms with E-state index in [1.165, 1.54) is 4.68 Å². The number of ether oxygens (including phenoxy) is 1. The molecule has 0 bridgehead atoms. The van der Waals surface area contributed by atoms with Crippen LogP contribution in [0, 0.1) is 0 Å². The zero-order valence-electron chi connectivity index (χ0n) is 17.9. The molecule has 1 N–H and O–H groups in total. The molecule has 2 aromatic carbocycles. The van der Waals surface area contributed by atoms with Crippen molar-refractivity contribution in [2.45, 2.75) is 32.5 Å². The van der Waals surface area contributed by atoms with Crippen molar-refractivity contribution < 1.29 is 9.53 Å². The number of aryl methyl sites for hydroxylation is 1. The van der Waals surface area contributed by atoms with Crippen LogP contribution in [0.4, 0.5) is 0 Å². The summed E-state index contributed by atoms with van der Waals surface area (Å²) in [5, 5.41) is 15.7. The number of amides is 1. The molecular weight excluding hydrogens is 408 g/mol. The zero-order chi connectivity index (χ0) is 22.5. The van der Waals surface area contributed by atoms with Crippen LogP contribution in [0.3, 0.4) is 0 Å². The van der Waals surface area contributed by atoms with Gasteiger partial charge in [-0.25, -0.2) is 4.68 Å². The molecule has 0 fully saturated rings. The molecule has 0 unspecified atom stereocenters. The lowest BCUT2D eigenvalue weighted by Crippen LogP contribution is -2.30. The Labute approximate surface area is 184 Å². The van der Waals surface area contributed by atoms with Gasteiger partial charge in [-0.3, -0.25) is 14.3 Å². The Bertz CT molecular complexity index is 1280. The van der Waals surface area contributed by atoms with E-state index in [1.807, 2.05) is 42.1 Å². The number of carbonyl (C=O) groups excluding carboxylic acids is 1. The maximum absolute atomic E-state index is 12.5. The van der Waals surface area contributed by atoms with E-state index in [4.69, 9.17) is 4.74 Å². The van der Waals surface area contributed by atoms with Crippen molar-refractivity contribution >= 4 is 16.8 Å². The molecule has 0 aliphatic carbocycles. The Hall–Kier alpha value is -4.01. The van der Waals surface area contributed by atoms with E-state index in [0.717, 1.165) is 16.9 Å². The highest BCUT2D eigenvalue weighted by atomic mass is 16.5. The first-order valence-corrected chi connectivity index (χ1v) is 10.3. The minimum absolute atomic E-state index is 0.119. The molecule has 2 heterocycles. The van der Waals surface area contributed by atoms with Gasteiger partial charge in [-0.2, -0.15) is 5.10 Å². The molecule has 0 saturated carbocycles. The molecular formula is C23H24N6O3. The van der Waals surface area contributed by atoms with Gasteiger partial charge in [-0.1, -0.05) is 23.4 Å². The molecule has 4 rings (SSSR count). The summed E-state index contributed by atoms with van der Waals surface area (Å²) in [5.74, 6) is 0.584. The summed E-state index contributed by atoms with van der Waals surface area (Å²) in [6, 6.07) is 14.5. The fraction of sp³-hybridized carbons (Fsp3) is 0.261. The van der Waals surface area contributed by atoms with Crippen molar-refractivity contribution in [1.29, 1.82) is 0 Å². The van der Waals surface area contributed by atoms with Crippen molar-refractivity contribution in [3.63, 3.8) is 0 Å². The number of hydrogen-bond donors (Lipinski definition) is 1. The highest BCUT2D eigenvalue weighted by Gasteiger charge is 2.14. The fourth-order valence-electron chi connectivity index (χ4n) is 3.53. The van der Waals surface area contributed by atoms with Gasteiger partial charge >= 0.3 is 0 Å². The number of fused-ring (bicyclic) bond motifs is 1. The quantitative estimate of drug-likeness (QED) is 0.458. The van der Waals surface area contributed by atoms with Gasteiger partial charge in [0.25, 0.3) is 5.56 Å². The van der Waals surface area contributed by atoms with Crippen LogP contribution in [0.5, 0.6) is 5.75 Å². The van der Waals surface area contributed by atoms with Gasteiger partial charge in [0, 0.05) is 24.4 Å². The zero-order valence-corrected chi connectivity index (χ0v) is 17.9. The smallest absolute Gasteiger partial charge is 0.277 e. The molecule has 0 aliphatic heterocycles. The van der Waals surface area contributed by atoms with Gasteiger partial charge in [0.05, 0.1) is 31.6 Å². The van der Waals surface area contributed by atoms with E-state index < -0.39 is 0 Å². The van der Waals surface area contributed by atoms with Crippen molar-refractivity contribution in [3.8, 4) is 5.75 Å². The SMILES string of the molecule is COc1ccc([C@@H](C)NC(=O)CCn2nnc3ccccc3c2=O)cc1Cn1cccn1. The Morgan fingerprint density at radius 1 is 1.19 bits per heavy atom. The summed E-state index contributed by atoms with van der Waals surface area (Å²) in [6.45, 7) is 2.63. The molecule has 9 heteroatoms. The van der Waals surface area contributed by atoms with E-state index in [0.29, 0.717) is 17.4 Å². The number of methoxy groups -OCH3 is 1. The first-order chi connectivity index (χ1) is 15.5. The van der Waals surface area contributed by atoms with Gasteiger partial charge in [0.1, 0.15) is 11.3 Å². The highest BCUT2D eigenvalue weighted by molar-refractivity contribution is 5.77. The summed E-state index contributed by atoms with van der Waals surface area (Å²) >= 11 is 0. The number of rotatable bonds is 8. The average Bonchev–Trinajstić information content (AvgIpc) is 3.32. The van der Waals surface area contributed by atoms with Gasteiger partial charge in [0.15, 0.2) is 0 Å². The average molecular weight is 432 g/mol. The fourth-order valence-corrected chi connectivity index (χ4v) is 3.53. The van der Waals surface area contributed by atoms with Crippen molar-refractivity contribution in [2.75, 3.05) is 7.11 Å². The first kappa shape index (κ1) is 21.2. The van der Waals surface area contributed by atoms with Crippen molar-refractivity contribution in [1.82, 2.24) is 30.1 Å². The topological polar surface area (TPSA) is 104 Å². The van der Waals surface area contributed by atoms with Crippen molar-refractivity contribution in [3.05, 3.63) is 82.4 Å². The molecule has 1 amide bonds. The Morgan fingerprint density at radius 2 is 2.03 bits per heavy atom. The van der Waals surface area contributed by atoms with E-state index in [2.05, 4.69) is 20.7 Å². The molecule has 0 aliphatic rings. The largest absolute Gasteiger partial charge is 0.496 e. The molecule has 0 radical (unpaired) electrons. The van der Waals surface area contributed by atoms with Crippen LogP contribution in [0.25, 0.3) is 10.9 Å². The van der Waals surface area contributed by atoms with E-state index in [1.54, 1.807) is 37.6 Å². The second-order valence-electron chi connectivity index (χ2n) is 7.45. The number of benzene rings is 2. The van der Waals surface area contributed by atoms with Crippen LogP contribution in [-0.2, 0) is 17.9 Å². The summed E-state index contributed by atoms with van der Waals surface area (Å²) in [5.41, 5.74) is 2.20. The predicted octanol–water partition coefficient (Wildman–Crippen LogP) is 2.31. The van der Waals surface area contributed by atoms with Crippen LogP contribution in [0.1, 0.15) is 30.5 Å². The number of carbonyl (C=O) groups is 1. The van der Waals surface area contributed by atoms with Crippen LogP contribution >= 0.6 is 0 Å². The number of nitrogens with one attached hydrogen (secondary N) is 1. The third kappa shape index (κ3) is 4.66. The minimum atomic E-state index is -0.255. The maximum Gasteiger partial charge on any atom is 0.277 e. The summed E-state index contributed by atoms with van der Waals surface area (Å²) in [4.78, 5) is 25.0. The predicted molar refractivity (Wildman–Crippen MR) is 119 cm³/mol. The van der Waals surface area contributed by atoms with Crippen LogP contribution < -0.4 is 15.6 Å². The van der Waals surface area contributed by atoms with Gasteiger partial charge < -0.3 is 10.1 Å². The van der Waals surface area contributed by atoms with Gasteiger partial charge in [0.2, 0.25) is 5.91 Å². The number of hydrogen-bond acceptors (Lipinski definition) is 6. The molecule has 4 aromatic rings. The van der Waals surface area contributed by atoms with E-state index in [-0.39, 0.29) is 30.5 Å². The van der Waals surface area contributed by atoms with Gasteiger partial charge in [-0.15, -0.1) is 5.10 Å². The van der Waals surface area contributed by atoms with Crippen LogP contribution in [0.2, 0.25) is 0 Å². The monoisotopic (exact) mass is 432 g/mol. The molecule has 1 atom stereocenters. The lowest BCUT2D eigenvalue weighted by atomic mass is 10.0. The maximum atomic E-state index is 12.5. The van der Waals surface area contributed by atoms with E-state index >= 15 is 0 Å². The lowest BCUT2D eigenvalue weighted by Gasteiger charge is -2.17. The Kier molecular flexibility index (Phi) is 6.25. The van der Waals surface area contributed by atoms with Gasteiger partial charge in [-0.05, 0) is 42.8 Å². The normalized spacial score (nSPS) is 11.9. The second-order valence-corrected chi connectivity index (χ2v) is 7.45. The highest BCUT2D eigenvalue weighted by Crippen LogP contribution is 2.24. The molecule has 32 heavy (non-hydrogen) atoms.